The van der Waals surface area contributed by atoms with Gasteiger partial charge in [-0.15, -0.1) is 11.8 Å². The molecule has 2 aliphatic rings. The molecular formula is C10H7BrOS. The van der Waals surface area contributed by atoms with Gasteiger partial charge >= 0.3 is 0 Å². The lowest BCUT2D eigenvalue weighted by Crippen LogP contribution is -2.00. The van der Waals surface area contributed by atoms with Crippen LogP contribution >= 0.6 is 27.7 Å². The number of hydrogen-bond acceptors (Lipinski definition) is 2. The minimum Gasteiger partial charge on any atom is -0.510 e. The van der Waals surface area contributed by atoms with Crippen molar-refractivity contribution in [1.82, 2.24) is 0 Å². The van der Waals surface area contributed by atoms with Crippen molar-refractivity contribution in [3.05, 3.63) is 45.6 Å². The topological polar surface area (TPSA) is 20.2 Å². The molecule has 3 rings (SSSR count). The predicted molar refractivity (Wildman–Crippen MR) is 58.1 cm³/mol. The molecule has 3 heteroatoms. The summed E-state index contributed by atoms with van der Waals surface area (Å²) in [5.41, 5.74) is 2.63. The number of fused-ring (bicyclic) bond motifs is 5. The number of rotatable bonds is 0. The average molecular weight is 255 g/mol. The van der Waals surface area contributed by atoms with Crippen molar-refractivity contribution in [2.24, 2.45) is 0 Å². The Hall–Kier alpha value is -0.410. The largest absolute Gasteiger partial charge is 0.510 e. The maximum absolute atomic E-state index is 9.75. The molecule has 0 aromatic heterocycles. The van der Waals surface area contributed by atoms with E-state index in [-0.39, 0.29) is 5.25 Å². The smallest absolute Gasteiger partial charge is 0.121 e. The molecule has 2 unspecified atom stereocenters. The van der Waals surface area contributed by atoms with Gasteiger partial charge in [0.05, 0.1) is 15.0 Å². The van der Waals surface area contributed by atoms with Crippen molar-refractivity contribution in [3.63, 3.8) is 0 Å². The summed E-state index contributed by atoms with van der Waals surface area (Å²) in [5.74, 6) is 0.508. The number of halogens is 1. The monoisotopic (exact) mass is 254 g/mol. The molecule has 0 radical (unpaired) electrons. The molecule has 2 atom stereocenters. The van der Waals surface area contributed by atoms with Crippen molar-refractivity contribution in [3.8, 4) is 0 Å². The van der Waals surface area contributed by atoms with E-state index in [1.54, 1.807) is 11.8 Å². The Morgan fingerprint density at radius 2 is 1.77 bits per heavy atom. The molecule has 0 amide bonds. The third kappa shape index (κ3) is 0.891. The molecule has 66 valence electrons. The minimum absolute atomic E-state index is 0.176. The lowest BCUT2D eigenvalue weighted by Gasteiger charge is -2.13. The van der Waals surface area contributed by atoms with Crippen molar-refractivity contribution in [2.75, 3.05) is 0 Å². The van der Waals surface area contributed by atoms with E-state index < -0.39 is 0 Å². The molecule has 1 nitrogen and oxygen atoms in total. The summed E-state index contributed by atoms with van der Waals surface area (Å²) in [7, 11) is 0. The van der Waals surface area contributed by atoms with Gasteiger partial charge < -0.3 is 5.11 Å². The number of benzene rings is 1. The highest BCUT2D eigenvalue weighted by Gasteiger charge is 2.43. The Morgan fingerprint density at radius 1 is 1.15 bits per heavy atom. The third-order valence-corrected chi connectivity index (χ3v) is 5.23. The summed E-state index contributed by atoms with van der Waals surface area (Å²) in [6.45, 7) is 0. The average Bonchev–Trinajstić information content (AvgIpc) is 2.66. The SMILES string of the molecule is OC1=C(Br)C2SC1c1ccccc12. The maximum atomic E-state index is 9.75. The first-order valence-electron chi connectivity index (χ1n) is 4.12. The summed E-state index contributed by atoms with van der Waals surface area (Å²) >= 11 is 5.24. The van der Waals surface area contributed by atoms with Gasteiger partial charge in [0, 0.05) is 0 Å². The second kappa shape index (κ2) is 2.55. The Kier molecular flexibility index (Phi) is 1.56. The predicted octanol–water partition coefficient (Wildman–Crippen LogP) is 3.69. The quantitative estimate of drug-likeness (QED) is 0.762. The Balaban J connectivity index is 2.24. The van der Waals surface area contributed by atoms with Crippen LogP contribution in [0.5, 0.6) is 0 Å². The first-order chi connectivity index (χ1) is 6.29. The molecule has 2 aliphatic heterocycles. The van der Waals surface area contributed by atoms with E-state index in [0.29, 0.717) is 11.0 Å². The molecule has 0 saturated heterocycles. The van der Waals surface area contributed by atoms with Crippen LogP contribution in [0, 0.1) is 0 Å². The van der Waals surface area contributed by atoms with E-state index in [9.17, 15) is 5.11 Å². The van der Waals surface area contributed by atoms with E-state index in [0.717, 1.165) is 4.48 Å². The van der Waals surface area contributed by atoms with Crippen LogP contribution in [0.4, 0.5) is 0 Å². The van der Waals surface area contributed by atoms with Gasteiger partial charge in [-0.05, 0) is 11.1 Å². The Morgan fingerprint density at radius 3 is 2.46 bits per heavy atom. The molecule has 0 aliphatic carbocycles. The van der Waals surface area contributed by atoms with Crippen LogP contribution in [0.25, 0.3) is 0 Å². The van der Waals surface area contributed by atoms with Crippen LogP contribution in [-0.4, -0.2) is 5.11 Å². The van der Waals surface area contributed by atoms with Gasteiger partial charge in [0.15, 0.2) is 0 Å². The summed E-state index contributed by atoms with van der Waals surface area (Å²) in [6, 6.07) is 8.32. The van der Waals surface area contributed by atoms with Crippen LogP contribution < -0.4 is 0 Å². The highest BCUT2D eigenvalue weighted by atomic mass is 79.9. The lowest BCUT2D eigenvalue weighted by atomic mass is 9.96. The van der Waals surface area contributed by atoms with Gasteiger partial charge in [0.2, 0.25) is 0 Å². The molecule has 13 heavy (non-hydrogen) atoms. The van der Waals surface area contributed by atoms with Crippen molar-refractivity contribution < 1.29 is 5.11 Å². The number of hydrogen-bond donors (Lipinski definition) is 1. The van der Waals surface area contributed by atoms with Gasteiger partial charge in [0.25, 0.3) is 0 Å². The molecule has 2 bridgehead atoms. The van der Waals surface area contributed by atoms with Gasteiger partial charge in [-0.25, -0.2) is 0 Å². The molecule has 1 aromatic carbocycles. The zero-order chi connectivity index (χ0) is 9.00. The fraction of sp³-hybridized carbons (Fsp3) is 0.200. The minimum atomic E-state index is 0.176. The summed E-state index contributed by atoms with van der Waals surface area (Å²) in [4.78, 5) is 0. The molecule has 0 fully saturated rings. The molecule has 2 heterocycles. The molecule has 1 N–H and O–H groups in total. The fourth-order valence-corrected chi connectivity index (χ4v) is 4.38. The zero-order valence-corrected chi connectivity index (χ0v) is 9.10. The van der Waals surface area contributed by atoms with E-state index in [4.69, 9.17) is 0 Å². The van der Waals surface area contributed by atoms with E-state index in [2.05, 4.69) is 34.1 Å². The standard InChI is InChI=1S/C10H7BrOS/c11-7-8(12)10-6-4-2-1-3-5(6)9(7)13-10/h1-4,9-10,12H. The van der Waals surface area contributed by atoms with Crippen LogP contribution in [0.15, 0.2) is 34.5 Å². The second-order valence-corrected chi connectivity index (χ2v) is 5.33. The normalized spacial score (nSPS) is 29.6. The third-order valence-electron chi connectivity index (χ3n) is 2.56. The first kappa shape index (κ1) is 7.94. The summed E-state index contributed by atoms with van der Waals surface area (Å²) < 4.78 is 0.959. The maximum Gasteiger partial charge on any atom is 0.121 e. The molecule has 0 saturated carbocycles. The number of aliphatic hydroxyl groups is 1. The van der Waals surface area contributed by atoms with Crippen LogP contribution in [0.1, 0.15) is 21.6 Å². The van der Waals surface area contributed by atoms with Crippen molar-refractivity contribution >= 4 is 27.7 Å². The number of thioether (sulfide) groups is 1. The van der Waals surface area contributed by atoms with Crippen LogP contribution in [0.2, 0.25) is 0 Å². The van der Waals surface area contributed by atoms with E-state index >= 15 is 0 Å². The Labute approximate surface area is 89.0 Å². The van der Waals surface area contributed by atoms with Gasteiger partial charge in [-0.3, -0.25) is 0 Å². The Bertz CT molecular complexity index is 376. The molecular weight excluding hydrogens is 248 g/mol. The van der Waals surface area contributed by atoms with Crippen LogP contribution in [-0.2, 0) is 0 Å². The van der Waals surface area contributed by atoms with Gasteiger partial charge in [0.1, 0.15) is 5.76 Å². The summed E-state index contributed by atoms with van der Waals surface area (Å²) in [6.07, 6.45) is 0. The summed E-state index contributed by atoms with van der Waals surface area (Å²) in [5, 5.41) is 10.3. The lowest BCUT2D eigenvalue weighted by molar-refractivity contribution is 0.393. The highest BCUT2D eigenvalue weighted by Crippen LogP contribution is 2.64. The van der Waals surface area contributed by atoms with E-state index in [1.807, 2.05) is 6.07 Å². The van der Waals surface area contributed by atoms with Crippen molar-refractivity contribution in [2.45, 2.75) is 10.5 Å². The van der Waals surface area contributed by atoms with Gasteiger partial charge in [-0.1, -0.05) is 40.2 Å². The molecule has 0 spiro atoms. The highest BCUT2D eigenvalue weighted by molar-refractivity contribution is 9.12. The second-order valence-electron chi connectivity index (χ2n) is 3.26. The van der Waals surface area contributed by atoms with E-state index in [1.165, 1.54) is 11.1 Å². The first-order valence-corrected chi connectivity index (χ1v) is 5.85. The zero-order valence-electron chi connectivity index (χ0n) is 6.70. The van der Waals surface area contributed by atoms with Crippen molar-refractivity contribution in [1.29, 1.82) is 0 Å². The van der Waals surface area contributed by atoms with Crippen LogP contribution in [0.3, 0.4) is 0 Å². The van der Waals surface area contributed by atoms with Gasteiger partial charge in [-0.2, -0.15) is 0 Å². The number of aliphatic hydroxyl groups excluding tert-OH is 1. The molecule has 1 aromatic rings. The fourth-order valence-electron chi connectivity index (χ4n) is 1.94.